The number of unbranched alkanes of at least 4 members (excludes halogenated alkanes) is 2. The van der Waals surface area contributed by atoms with Crippen molar-refractivity contribution in [3.63, 3.8) is 0 Å². The van der Waals surface area contributed by atoms with Crippen molar-refractivity contribution in [3.8, 4) is 5.75 Å². The fourth-order valence-electron chi connectivity index (χ4n) is 4.65. The molecule has 0 heterocycles. The molecular weight excluding hydrogens is 394 g/mol. The number of rotatable bonds is 9. The zero-order chi connectivity index (χ0) is 22.2. The van der Waals surface area contributed by atoms with Crippen molar-refractivity contribution in [1.29, 1.82) is 0 Å². The van der Waals surface area contributed by atoms with Crippen LogP contribution in [0.15, 0.2) is 36.4 Å². The van der Waals surface area contributed by atoms with Crippen LogP contribution in [0.25, 0.3) is 0 Å². The van der Waals surface area contributed by atoms with Crippen molar-refractivity contribution in [2.75, 3.05) is 0 Å². The minimum atomic E-state index is -1.09. The molecule has 1 saturated carbocycles. The van der Waals surface area contributed by atoms with E-state index >= 15 is 0 Å². The van der Waals surface area contributed by atoms with E-state index in [4.69, 9.17) is 4.74 Å². The molecule has 2 aromatic carbocycles. The standard InChI is InChI=1S/C27H34F2O2/c1-3-5-6-8-22-17-18-24(26(29)25(22)28)31-27(30)23-15-13-21(14-16-23)20-11-9-19(7-4-2)10-12-20/h13-20H,3-12H2,1-2H3/t19-,20-. The van der Waals surface area contributed by atoms with E-state index in [-0.39, 0.29) is 5.75 Å². The minimum absolute atomic E-state index is 0.323. The van der Waals surface area contributed by atoms with Crippen molar-refractivity contribution < 1.29 is 18.3 Å². The lowest BCUT2D eigenvalue weighted by atomic mass is 9.77. The van der Waals surface area contributed by atoms with Gasteiger partial charge in [-0.05, 0) is 79.7 Å². The third kappa shape index (κ3) is 6.15. The molecule has 168 valence electrons. The summed E-state index contributed by atoms with van der Waals surface area (Å²) in [5.74, 6) is -1.66. The van der Waals surface area contributed by atoms with Gasteiger partial charge in [-0.25, -0.2) is 9.18 Å². The number of carbonyl (C=O) groups is 1. The van der Waals surface area contributed by atoms with Crippen LogP contribution in [0.1, 0.15) is 99.0 Å². The first-order chi connectivity index (χ1) is 15.0. The van der Waals surface area contributed by atoms with Crippen molar-refractivity contribution >= 4 is 5.97 Å². The van der Waals surface area contributed by atoms with E-state index in [0.717, 1.165) is 25.2 Å². The quantitative estimate of drug-likeness (QED) is 0.230. The molecule has 2 nitrogen and oxygen atoms in total. The molecule has 31 heavy (non-hydrogen) atoms. The van der Waals surface area contributed by atoms with E-state index < -0.39 is 17.6 Å². The average molecular weight is 429 g/mol. The van der Waals surface area contributed by atoms with E-state index in [1.807, 2.05) is 12.1 Å². The first-order valence-electron chi connectivity index (χ1n) is 11.8. The summed E-state index contributed by atoms with van der Waals surface area (Å²) < 4.78 is 33.9. The summed E-state index contributed by atoms with van der Waals surface area (Å²) in [6.45, 7) is 4.30. The molecule has 2 aromatic rings. The molecule has 0 radical (unpaired) electrons. The number of aryl methyl sites for hydroxylation is 1. The van der Waals surface area contributed by atoms with E-state index in [0.29, 0.717) is 23.5 Å². The van der Waals surface area contributed by atoms with Crippen molar-refractivity contribution in [3.05, 3.63) is 64.7 Å². The summed E-state index contributed by atoms with van der Waals surface area (Å²) in [6.07, 6.45) is 10.7. The molecule has 1 aliphatic carbocycles. The van der Waals surface area contributed by atoms with Gasteiger partial charge in [0.05, 0.1) is 5.56 Å². The molecule has 1 fully saturated rings. The predicted octanol–water partition coefficient (Wildman–Crippen LogP) is 7.99. The van der Waals surface area contributed by atoms with Crippen LogP contribution in [-0.2, 0) is 6.42 Å². The zero-order valence-electron chi connectivity index (χ0n) is 18.8. The van der Waals surface area contributed by atoms with Gasteiger partial charge in [-0.2, -0.15) is 4.39 Å². The highest BCUT2D eigenvalue weighted by Crippen LogP contribution is 2.37. The van der Waals surface area contributed by atoms with E-state index in [1.165, 1.54) is 56.2 Å². The van der Waals surface area contributed by atoms with Crippen molar-refractivity contribution in [1.82, 2.24) is 0 Å². The van der Waals surface area contributed by atoms with Crippen LogP contribution in [0.3, 0.4) is 0 Å². The largest absolute Gasteiger partial charge is 0.420 e. The fraction of sp³-hybridized carbons (Fsp3) is 0.519. The molecule has 3 rings (SSSR count). The van der Waals surface area contributed by atoms with Gasteiger partial charge in [0.1, 0.15) is 0 Å². The lowest BCUT2D eigenvalue weighted by Crippen LogP contribution is -2.14. The average Bonchev–Trinajstić information content (AvgIpc) is 2.79. The highest BCUT2D eigenvalue weighted by molar-refractivity contribution is 5.91. The Kier molecular flexibility index (Phi) is 8.62. The summed E-state index contributed by atoms with van der Waals surface area (Å²) in [7, 11) is 0. The van der Waals surface area contributed by atoms with Crippen molar-refractivity contribution in [2.24, 2.45) is 5.92 Å². The molecule has 0 aromatic heterocycles. The van der Waals surface area contributed by atoms with Crippen LogP contribution in [0.2, 0.25) is 0 Å². The van der Waals surface area contributed by atoms with E-state index in [1.54, 1.807) is 12.1 Å². The van der Waals surface area contributed by atoms with Gasteiger partial charge < -0.3 is 4.74 Å². The lowest BCUT2D eigenvalue weighted by Gasteiger charge is -2.28. The molecule has 0 bridgehead atoms. The van der Waals surface area contributed by atoms with Gasteiger partial charge in [0.2, 0.25) is 5.82 Å². The highest BCUT2D eigenvalue weighted by atomic mass is 19.2. The number of hydrogen-bond acceptors (Lipinski definition) is 2. The molecule has 0 aliphatic heterocycles. The van der Waals surface area contributed by atoms with Gasteiger partial charge >= 0.3 is 5.97 Å². The Morgan fingerprint density at radius 3 is 2.26 bits per heavy atom. The molecule has 0 N–H and O–H groups in total. The Balaban J connectivity index is 1.60. The van der Waals surface area contributed by atoms with Gasteiger partial charge in [0, 0.05) is 0 Å². The van der Waals surface area contributed by atoms with Crippen LogP contribution in [0.4, 0.5) is 8.78 Å². The molecule has 4 heteroatoms. The maximum Gasteiger partial charge on any atom is 0.343 e. The van der Waals surface area contributed by atoms with Crippen LogP contribution >= 0.6 is 0 Å². The van der Waals surface area contributed by atoms with E-state index in [2.05, 4.69) is 13.8 Å². The van der Waals surface area contributed by atoms with Crippen LogP contribution in [0.5, 0.6) is 5.75 Å². The Bertz CT molecular complexity index is 852. The SMILES string of the molecule is CCCCCc1ccc(OC(=O)c2ccc([C@H]3CC[C@H](CCC)CC3)cc2)c(F)c1F. The first kappa shape index (κ1) is 23.4. The smallest absolute Gasteiger partial charge is 0.343 e. The number of halogens is 2. The second-order valence-electron chi connectivity index (χ2n) is 8.83. The maximum atomic E-state index is 14.4. The number of esters is 1. The van der Waals surface area contributed by atoms with Gasteiger partial charge in [-0.3, -0.25) is 0 Å². The second kappa shape index (κ2) is 11.4. The number of benzene rings is 2. The van der Waals surface area contributed by atoms with Gasteiger partial charge in [0.25, 0.3) is 0 Å². The monoisotopic (exact) mass is 428 g/mol. The highest BCUT2D eigenvalue weighted by Gasteiger charge is 2.22. The van der Waals surface area contributed by atoms with Gasteiger partial charge in [-0.15, -0.1) is 0 Å². The number of carbonyl (C=O) groups excluding carboxylic acids is 1. The summed E-state index contributed by atoms with van der Waals surface area (Å²) in [6, 6.07) is 10.2. The Morgan fingerprint density at radius 1 is 0.903 bits per heavy atom. The Labute approximate surface area is 185 Å². The second-order valence-corrected chi connectivity index (χ2v) is 8.83. The number of hydrogen-bond donors (Lipinski definition) is 0. The summed E-state index contributed by atoms with van der Waals surface area (Å²) >= 11 is 0. The maximum absolute atomic E-state index is 14.4. The number of ether oxygens (including phenoxy) is 1. The van der Waals surface area contributed by atoms with Crippen molar-refractivity contribution in [2.45, 2.75) is 84.0 Å². The topological polar surface area (TPSA) is 26.3 Å². The molecule has 0 unspecified atom stereocenters. The summed E-state index contributed by atoms with van der Waals surface area (Å²) in [4.78, 5) is 12.5. The molecule has 1 aliphatic rings. The van der Waals surface area contributed by atoms with Gasteiger partial charge in [0.15, 0.2) is 11.6 Å². The lowest BCUT2D eigenvalue weighted by molar-refractivity contribution is 0.0726. The molecule has 0 atom stereocenters. The minimum Gasteiger partial charge on any atom is -0.420 e. The third-order valence-corrected chi connectivity index (χ3v) is 6.54. The van der Waals surface area contributed by atoms with E-state index in [9.17, 15) is 13.6 Å². The predicted molar refractivity (Wildman–Crippen MR) is 121 cm³/mol. The van der Waals surface area contributed by atoms with Crippen LogP contribution in [0, 0.1) is 17.6 Å². The normalized spacial score (nSPS) is 18.7. The van der Waals surface area contributed by atoms with Crippen LogP contribution < -0.4 is 4.74 Å². The summed E-state index contributed by atoms with van der Waals surface area (Å²) in [5.41, 5.74) is 1.90. The zero-order valence-corrected chi connectivity index (χ0v) is 18.8. The van der Waals surface area contributed by atoms with Gasteiger partial charge in [-0.1, -0.05) is 57.7 Å². The molecular formula is C27H34F2O2. The fourth-order valence-corrected chi connectivity index (χ4v) is 4.65. The Hall–Kier alpha value is -2.23. The molecule has 0 saturated heterocycles. The molecule has 0 spiro atoms. The summed E-state index contributed by atoms with van der Waals surface area (Å²) in [5, 5.41) is 0. The van der Waals surface area contributed by atoms with Crippen LogP contribution in [-0.4, -0.2) is 5.97 Å². The molecule has 0 amide bonds. The third-order valence-electron chi connectivity index (χ3n) is 6.54. The first-order valence-corrected chi connectivity index (χ1v) is 11.8. The Morgan fingerprint density at radius 2 is 1.61 bits per heavy atom.